The molecule has 2 aliphatic rings. The Morgan fingerprint density at radius 2 is 2.09 bits per heavy atom. The molecule has 0 unspecified atom stereocenters. The molecule has 0 saturated carbocycles. The molecular weight excluding hydrogens is 280 g/mol. The Morgan fingerprint density at radius 3 is 2.91 bits per heavy atom. The lowest BCUT2D eigenvalue weighted by atomic mass is 9.82. The molecule has 0 bridgehead atoms. The summed E-state index contributed by atoms with van der Waals surface area (Å²) >= 11 is 0. The third kappa shape index (κ3) is 2.93. The minimum absolute atomic E-state index is 0.0284. The first kappa shape index (κ1) is 14.9. The number of hydrogen-bond donors (Lipinski definition) is 1. The lowest BCUT2D eigenvalue weighted by Crippen LogP contribution is -2.41. The van der Waals surface area contributed by atoms with Gasteiger partial charge in [0.25, 0.3) is 0 Å². The SMILES string of the molecule is COC(=O)N1CC[C@H](NC(=O)[C@@H]2CCCc3ccccc32)C1. The number of ether oxygens (including phenoxy) is 1. The summed E-state index contributed by atoms with van der Waals surface area (Å²) in [4.78, 5) is 25.8. The smallest absolute Gasteiger partial charge is 0.409 e. The summed E-state index contributed by atoms with van der Waals surface area (Å²) in [6.45, 7) is 1.17. The molecule has 1 aromatic carbocycles. The Morgan fingerprint density at radius 1 is 1.27 bits per heavy atom. The maximum Gasteiger partial charge on any atom is 0.409 e. The number of carbonyl (C=O) groups excluding carboxylic acids is 2. The van der Waals surface area contributed by atoms with Crippen LogP contribution in [0.1, 0.15) is 36.3 Å². The summed E-state index contributed by atoms with van der Waals surface area (Å²) in [6, 6.07) is 8.24. The van der Waals surface area contributed by atoms with Crippen LogP contribution in [0.2, 0.25) is 0 Å². The summed E-state index contributed by atoms with van der Waals surface area (Å²) in [5.74, 6) is 0.0287. The first-order valence-corrected chi connectivity index (χ1v) is 7.90. The number of carbonyl (C=O) groups is 2. The van der Waals surface area contributed by atoms with Crippen LogP contribution in [0.25, 0.3) is 0 Å². The van der Waals surface area contributed by atoms with E-state index < -0.39 is 0 Å². The van der Waals surface area contributed by atoms with Crippen LogP contribution < -0.4 is 5.32 Å². The molecule has 1 saturated heterocycles. The molecule has 0 radical (unpaired) electrons. The Labute approximate surface area is 130 Å². The second-order valence-electron chi connectivity index (χ2n) is 6.05. The topological polar surface area (TPSA) is 58.6 Å². The van der Waals surface area contributed by atoms with Crippen molar-refractivity contribution < 1.29 is 14.3 Å². The molecule has 1 heterocycles. The van der Waals surface area contributed by atoms with Gasteiger partial charge in [0, 0.05) is 19.1 Å². The van der Waals surface area contributed by atoms with E-state index in [9.17, 15) is 9.59 Å². The summed E-state index contributed by atoms with van der Waals surface area (Å²) in [5, 5.41) is 3.11. The second kappa shape index (κ2) is 6.38. The third-order valence-electron chi connectivity index (χ3n) is 4.65. The fourth-order valence-corrected chi connectivity index (χ4v) is 3.50. The van der Waals surface area contributed by atoms with Gasteiger partial charge in [-0.25, -0.2) is 4.79 Å². The van der Waals surface area contributed by atoms with Crippen molar-refractivity contribution in [1.82, 2.24) is 10.2 Å². The predicted molar refractivity (Wildman–Crippen MR) is 82.6 cm³/mol. The Hall–Kier alpha value is -2.04. The number of benzene rings is 1. The zero-order valence-electron chi connectivity index (χ0n) is 12.9. The van der Waals surface area contributed by atoms with E-state index in [2.05, 4.69) is 17.4 Å². The van der Waals surface area contributed by atoms with E-state index in [0.29, 0.717) is 13.1 Å². The highest BCUT2D eigenvalue weighted by atomic mass is 16.5. The van der Waals surface area contributed by atoms with Crippen LogP contribution in [-0.4, -0.2) is 43.1 Å². The van der Waals surface area contributed by atoms with Crippen LogP contribution >= 0.6 is 0 Å². The molecule has 2 amide bonds. The third-order valence-corrected chi connectivity index (χ3v) is 4.65. The van der Waals surface area contributed by atoms with Crippen LogP contribution in [0.5, 0.6) is 0 Å². The van der Waals surface area contributed by atoms with Crippen LogP contribution in [0, 0.1) is 0 Å². The minimum atomic E-state index is -0.320. The van der Waals surface area contributed by atoms with E-state index in [-0.39, 0.29) is 24.0 Å². The van der Waals surface area contributed by atoms with Gasteiger partial charge < -0.3 is 15.0 Å². The number of nitrogens with zero attached hydrogens (tertiary/aromatic N) is 1. The summed E-state index contributed by atoms with van der Waals surface area (Å²) in [6.07, 6.45) is 3.47. The highest BCUT2D eigenvalue weighted by molar-refractivity contribution is 5.84. The van der Waals surface area contributed by atoms with Gasteiger partial charge in [-0.3, -0.25) is 4.79 Å². The van der Waals surface area contributed by atoms with Crippen molar-refractivity contribution in [3.63, 3.8) is 0 Å². The van der Waals surface area contributed by atoms with Gasteiger partial charge in [0.15, 0.2) is 0 Å². The number of nitrogens with one attached hydrogen (secondary N) is 1. The Kier molecular flexibility index (Phi) is 4.32. The van der Waals surface area contributed by atoms with Gasteiger partial charge in [-0.2, -0.15) is 0 Å². The van der Waals surface area contributed by atoms with Crippen LogP contribution in [-0.2, 0) is 16.0 Å². The van der Waals surface area contributed by atoms with Gasteiger partial charge in [-0.15, -0.1) is 0 Å². The van der Waals surface area contributed by atoms with Gasteiger partial charge >= 0.3 is 6.09 Å². The van der Waals surface area contributed by atoms with E-state index in [4.69, 9.17) is 4.74 Å². The van der Waals surface area contributed by atoms with Crippen LogP contribution in [0.15, 0.2) is 24.3 Å². The van der Waals surface area contributed by atoms with Crippen LogP contribution in [0.3, 0.4) is 0 Å². The molecule has 1 fully saturated rings. The minimum Gasteiger partial charge on any atom is -0.453 e. The summed E-state index contributed by atoms with van der Waals surface area (Å²) < 4.78 is 4.72. The number of hydrogen-bond acceptors (Lipinski definition) is 3. The van der Waals surface area contributed by atoms with E-state index >= 15 is 0 Å². The molecule has 1 N–H and O–H groups in total. The normalized spacial score (nSPS) is 23.8. The van der Waals surface area contributed by atoms with Crippen LogP contribution in [0.4, 0.5) is 4.79 Å². The molecule has 3 rings (SSSR count). The van der Waals surface area contributed by atoms with E-state index in [1.54, 1.807) is 4.90 Å². The average molecular weight is 302 g/mol. The molecule has 5 nitrogen and oxygen atoms in total. The lowest BCUT2D eigenvalue weighted by Gasteiger charge is -2.26. The first-order valence-electron chi connectivity index (χ1n) is 7.90. The molecule has 0 spiro atoms. The zero-order chi connectivity index (χ0) is 15.5. The highest BCUT2D eigenvalue weighted by Crippen LogP contribution is 2.31. The van der Waals surface area contributed by atoms with Gasteiger partial charge in [0.2, 0.25) is 5.91 Å². The maximum absolute atomic E-state index is 12.6. The standard InChI is InChI=1S/C17H22N2O3/c1-22-17(21)19-10-9-13(11-19)18-16(20)15-8-4-6-12-5-2-3-7-14(12)15/h2-3,5,7,13,15H,4,6,8-11H2,1H3,(H,18,20)/t13-,15+/m0/s1. The fraction of sp³-hybridized carbons (Fsp3) is 0.529. The fourth-order valence-electron chi connectivity index (χ4n) is 3.50. The summed E-state index contributed by atoms with van der Waals surface area (Å²) in [7, 11) is 1.38. The summed E-state index contributed by atoms with van der Waals surface area (Å²) in [5.41, 5.74) is 2.45. The average Bonchev–Trinajstić information content (AvgIpc) is 3.02. The van der Waals surface area contributed by atoms with E-state index in [0.717, 1.165) is 31.2 Å². The number of amides is 2. The molecule has 1 aromatic rings. The number of likely N-dealkylation sites (tertiary alicyclic amines) is 1. The second-order valence-corrected chi connectivity index (χ2v) is 6.05. The molecule has 22 heavy (non-hydrogen) atoms. The van der Waals surface area contributed by atoms with Gasteiger partial charge in [-0.05, 0) is 36.8 Å². The molecule has 1 aliphatic heterocycles. The lowest BCUT2D eigenvalue weighted by molar-refractivity contribution is -0.123. The maximum atomic E-state index is 12.6. The predicted octanol–water partition coefficient (Wildman–Crippen LogP) is 2.06. The Bertz CT molecular complexity index is 573. The molecule has 118 valence electrons. The van der Waals surface area contributed by atoms with Crippen molar-refractivity contribution in [3.8, 4) is 0 Å². The Balaban J connectivity index is 1.63. The van der Waals surface area contributed by atoms with Crippen molar-refractivity contribution in [2.24, 2.45) is 0 Å². The van der Waals surface area contributed by atoms with Crippen molar-refractivity contribution in [2.75, 3.05) is 20.2 Å². The highest BCUT2D eigenvalue weighted by Gasteiger charge is 2.31. The van der Waals surface area contributed by atoms with Crippen molar-refractivity contribution in [3.05, 3.63) is 35.4 Å². The van der Waals surface area contributed by atoms with E-state index in [1.807, 2.05) is 12.1 Å². The van der Waals surface area contributed by atoms with Crippen molar-refractivity contribution >= 4 is 12.0 Å². The van der Waals surface area contributed by atoms with Gasteiger partial charge in [-0.1, -0.05) is 24.3 Å². The van der Waals surface area contributed by atoms with Gasteiger partial charge in [0.05, 0.1) is 13.0 Å². The largest absolute Gasteiger partial charge is 0.453 e. The monoisotopic (exact) mass is 302 g/mol. The van der Waals surface area contributed by atoms with Crippen molar-refractivity contribution in [2.45, 2.75) is 37.6 Å². The molecule has 0 aromatic heterocycles. The molecule has 2 atom stereocenters. The van der Waals surface area contributed by atoms with E-state index in [1.165, 1.54) is 12.7 Å². The number of methoxy groups -OCH3 is 1. The number of rotatable bonds is 2. The number of fused-ring (bicyclic) bond motifs is 1. The number of aryl methyl sites for hydroxylation is 1. The quantitative estimate of drug-likeness (QED) is 0.910. The molecule has 1 aliphatic carbocycles. The van der Waals surface area contributed by atoms with Gasteiger partial charge in [0.1, 0.15) is 0 Å². The van der Waals surface area contributed by atoms with Crippen molar-refractivity contribution in [1.29, 1.82) is 0 Å². The zero-order valence-corrected chi connectivity index (χ0v) is 12.9. The first-order chi connectivity index (χ1) is 10.7. The molecular formula is C17H22N2O3. The molecule has 5 heteroatoms.